The van der Waals surface area contributed by atoms with Gasteiger partial charge in [-0.1, -0.05) is 44.2 Å². The van der Waals surface area contributed by atoms with E-state index < -0.39 is 6.04 Å². The molecule has 0 saturated carbocycles. The molecule has 30 heavy (non-hydrogen) atoms. The summed E-state index contributed by atoms with van der Waals surface area (Å²) in [6.45, 7) is 9.61. The van der Waals surface area contributed by atoms with Gasteiger partial charge in [-0.05, 0) is 18.4 Å². The van der Waals surface area contributed by atoms with Gasteiger partial charge < -0.3 is 15.5 Å². The average Bonchev–Trinajstić information content (AvgIpc) is 3.15. The normalized spacial score (nSPS) is 15.8. The Hall–Kier alpha value is -2.94. The second-order valence-corrected chi connectivity index (χ2v) is 7.97. The third-order valence-electron chi connectivity index (χ3n) is 5.21. The molecule has 9 nitrogen and oxygen atoms in total. The predicted octanol–water partition coefficient (Wildman–Crippen LogP) is 1.28. The molecule has 1 fully saturated rings. The largest absolute Gasteiger partial charge is 0.338 e. The van der Waals surface area contributed by atoms with E-state index in [1.165, 1.54) is 0 Å². The second kappa shape index (κ2) is 10.2. The van der Waals surface area contributed by atoms with Gasteiger partial charge in [-0.3, -0.25) is 14.8 Å². The van der Waals surface area contributed by atoms with Gasteiger partial charge in [0.2, 0.25) is 5.91 Å². The Balaban J connectivity index is 1.48. The minimum absolute atomic E-state index is 0.00534. The van der Waals surface area contributed by atoms with Crippen LogP contribution < -0.4 is 10.6 Å². The van der Waals surface area contributed by atoms with Gasteiger partial charge in [0.25, 0.3) is 0 Å². The van der Waals surface area contributed by atoms with Gasteiger partial charge >= 0.3 is 6.03 Å². The van der Waals surface area contributed by atoms with Crippen molar-refractivity contribution in [3.05, 3.63) is 47.5 Å². The number of aromatic amines is 1. The summed E-state index contributed by atoms with van der Waals surface area (Å²) in [5.41, 5.74) is 1.01. The number of rotatable bonds is 7. The van der Waals surface area contributed by atoms with Crippen molar-refractivity contribution in [1.82, 2.24) is 35.6 Å². The number of piperazine rings is 1. The molecular formula is C21H31N7O2. The van der Waals surface area contributed by atoms with Gasteiger partial charge in [-0.2, -0.15) is 5.10 Å². The average molecular weight is 414 g/mol. The molecule has 1 atom stereocenters. The van der Waals surface area contributed by atoms with Crippen LogP contribution in [0.2, 0.25) is 0 Å². The van der Waals surface area contributed by atoms with Crippen LogP contribution in [0.15, 0.2) is 30.3 Å². The summed E-state index contributed by atoms with van der Waals surface area (Å²) in [5.74, 6) is 1.53. The predicted molar refractivity (Wildman–Crippen MR) is 113 cm³/mol. The van der Waals surface area contributed by atoms with Crippen LogP contribution in [0, 0.1) is 12.8 Å². The first-order valence-corrected chi connectivity index (χ1v) is 10.4. The number of carbonyl (C=O) groups is 2. The van der Waals surface area contributed by atoms with Gasteiger partial charge in [-0.25, -0.2) is 9.78 Å². The van der Waals surface area contributed by atoms with Crippen molar-refractivity contribution < 1.29 is 9.59 Å². The van der Waals surface area contributed by atoms with E-state index in [1.54, 1.807) is 0 Å². The molecule has 162 valence electrons. The number of nitrogens with zero attached hydrogens (tertiary/aromatic N) is 4. The molecule has 0 radical (unpaired) electrons. The summed E-state index contributed by atoms with van der Waals surface area (Å²) in [4.78, 5) is 33.8. The zero-order chi connectivity index (χ0) is 21.5. The molecular weight excluding hydrogens is 382 g/mol. The number of hydrogen-bond donors (Lipinski definition) is 3. The molecule has 1 aliphatic rings. The quantitative estimate of drug-likeness (QED) is 0.634. The molecule has 1 unspecified atom stereocenters. The molecule has 2 heterocycles. The number of aryl methyl sites for hydroxylation is 1. The van der Waals surface area contributed by atoms with E-state index in [4.69, 9.17) is 0 Å². The maximum Gasteiger partial charge on any atom is 0.315 e. The first-order chi connectivity index (χ1) is 14.4. The molecule has 0 aliphatic carbocycles. The lowest BCUT2D eigenvalue weighted by atomic mass is 10.0. The van der Waals surface area contributed by atoms with Crippen LogP contribution in [0.5, 0.6) is 0 Å². The molecule has 0 spiro atoms. The highest BCUT2D eigenvalue weighted by atomic mass is 16.2. The van der Waals surface area contributed by atoms with E-state index in [-0.39, 0.29) is 17.9 Å². The number of amides is 3. The minimum Gasteiger partial charge on any atom is -0.338 e. The molecule has 3 N–H and O–H groups in total. The van der Waals surface area contributed by atoms with Crippen LogP contribution in [0.4, 0.5) is 4.79 Å². The fourth-order valence-corrected chi connectivity index (χ4v) is 3.47. The van der Waals surface area contributed by atoms with E-state index in [0.717, 1.165) is 30.3 Å². The van der Waals surface area contributed by atoms with Crippen molar-refractivity contribution in [3.8, 4) is 0 Å². The SMILES string of the molecule is Cc1nc(CN2CCN(C(=O)C(NC(=O)NCc3ccccc3)C(C)C)CC2)n[nH]1. The van der Waals surface area contributed by atoms with Crippen LogP contribution in [0.25, 0.3) is 0 Å². The highest BCUT2D eigenvalue weighted by Gasteiger charge is 2.30. The third-order valence-corrected chi connectivity index (χ3v) is 5.21. The highest BCUT2D eigenvalue weighted by molar-refractivity contribution is 5.87. The second-order valence-electron chi connectivity index (χ2n) is 7.97. The molecule has 1 aromatic heterocycles. The van der Waals surface area contributed by atoms with Crippen LogP contribution >= 0.6 is 0 Å². The summed E-state index contributed by atoms with van der Waals surface area (Å²) in [6, 6.07) is 8.81. The fraction of sp³-hybridized carbons (Fsp3) is 0.524. The summed E-state index contributed by atoms with van der Waals surface area (Å²) in [5, 5.41) is 12.7. The van der Waals surface area contributed by atoms with Crippen molar-refractivity contribution in [3.63, 3.8) is 0 Å². The smallest absolute Gasteiger partial charge is 0.315 e. The Labute approximate surface area is 177 Å². The Morgan fingerprint density at radius 1 is 1.13 bits per heavy atom. The molecule has 1 saturated heterocycles. The van der Waals surface area contributed by atoms with E-state index >= 15 is 0 Å². The van der Waals surface area contributed by atoms with Gasteiger partial charge in [0.1, 0.15) is 11.9 Å². The lowest BCUT2D eigenvalue weighted by molar-refractivity contribution is -0.136. The molecule has 1 aliphatic heterocycles. The van der Waals surface area contributed by atoms with Crippen molar-refractivity contribution in [2.75, 3.05) is 26.2 Å². The van der Waals surface area contributed by atoms with Crippen LogP contribution in [0.1, 0.15) is 31.1 Å². The van der Waals surface area contributed by atoms with E-state index in [2.05, 4.69) is 30.7 Å². The minimum atomic E-state index is -0.553. The Morgan fingerprint density at radius 3 is 2.43 bits per heavy atom. The van der Waals surface area contributed by atoms with Crippen molar-refractivity contribution in [1.29, 1.82) is 0 Å². The summed E-state index contributed by atoms with van der Waals surface area (Å²) in [7, 11) is 0. The highest BCUT2D eigenvalue weighted by Crippen LogP contribution is 2.11. The Morgan fingerprint density at radius 2 is 1.83 bits per heavy atom. The molecule has 2 aromatic rings. The van der Waals surface area contributed by atoms with E-state index in [1.807, 2.05) is 56.0 Å². The van der Waals surface area contributed by atoms with Gasteiger partial charge in [0.05, 0.1) is 6.54 Å². The first kappa shape index (κ1) is 21.8. The van der Waals surface area contributed by atoms with E-state index in [9.17, 15) is 9.59 Å². The maximum absolute atomic E-state index is 13.1. The van der Waals surface area contributed by atoms with Crippen LogP contribution in [-0.2, 0) is 17.9 Å². The number of aromatic nitrogens is 3. The van der Waals surface area contributed by atoms with Crippen molar-refractivity contribution >= 4 is 11.9 Å². The first-order valence-electron chi connectivity index (χ1n) is 10.4. The molecule has 3 amide bonds. The zero-order valence-electron chi connectivity index (χ0n) is 17.9. The number of H-pyrrole nitrogens is 1. The number of urea groups is 1. The van der Waals surface area contributed by atoms with Crippen LogP contribution in [-0.4, -0.2) is 69.1 Å². The standard InChI is InChI=1S/C21H31N7O2/c1-15(2)19(24-21(30)22-13-17-7-5-4-6-8-17)20(29)28-11-9-27(10-12-28)14-18-23-16(3)25-26-18/h4-8,15,19H,9-14H2,1-3H3,(H2,22,24,30)(H,23,25,26). The summed E-state index contributed by atoms with van der Waals surface area (Å²) in [6.07, 6.45) is 0. The number of benzene rings is 1. The van der Waals surface area contributed by atoms with Gasteiger partial charge in [-0.15, -0.1) is 0 Å². The lowest BCUT2D eigenvalue weighted by Gasteiger charge is -2.36. The molecule has 1 aromatic carbocycles. The monoisotopic (exact) mass is 413 g/mol. The molecule has 3 rings (SSSR count). The van der Waals surface area contributed by atoms with E-state index in [0.29, 0.717) is 26.2 Å². The topological polar surface area (TPSA) is 106 Å². The van der Waals surface area contributed by atoms with Gasteiger partial charge in [0, 0.05) is 32.7 Å². The fourth-order valence-electron chi connectivity index (χ4n) is 3.47. The van der Waals surface area contributed by atoms with Gasteiger partial charge in [0.15, 0.2) is 5.82 Å². The maximum atomic E-state index is 13.1. The number of carbonyl (C=O) groups excluding carboxylic acids is 2. The molecule has 0 bridgehead atoms. The third kappa shape index (κ3) is 6.03. The Bertz CT molecular complexity index is 829. The summed E-state index contributed by atoms with van der Waals surface area (Å²) < 4.78 is 0. The summed E-state index contributed by atoms with van der Waals surface area (Å²) >= 11 is 0. The molecule has 9 heteroatoms. The van der Waals surface area contributed by atoms with Crippen molar-refractivity contribution in [2.45, 2.75) is 39.9 Å². The Kier molecular flexibility index (Phi) is 7.40. The van der Waals surface area contributed by atoms with Crippen molar-refractivity contribution in [2.24, 2.45) is 5.92 Å². The van der Waals surface area contributed by atoms with Crippen LogP contribution in [0.3, 0.4) is 0 Å². The lowest BCUT2D eigenvalue weighted by Crippen LogP contribution is -2.57. The number of nitrogens with one attached hydrogen (secondary N) is 3. The number of hydrogen-bond acceptors (Lipinski definition) is 5. The zero-order valence-corrected chi connectivity index (χ0v) is 17.9.